The standard InChI is InChI=1S/C13H12N2O3S/c1-8-6-7-19-11(8)13(18)15-14-12(17)9-4-2-3-5-10(9)16/h2-7,16H,1H3,(H,14,17)(H,15,18). The summed E-state index contributed by atoms with van der Waals surface area (Å²) < 4.78 is 0. The molecular weight excluding hydrogens is 264 g/mol. The number of aromatic hydroxyl groups is 1. The zero-order valence-corrected chi connectivity index (χ0v) is 11.0. The number of para-hydroxylation sites is 1. The summed E-state index contributed by atoms with van der Waals surface area (Å²) in [4.78, 5) is 24.1. The van der Waals surface area contributed by atoms with E-state index >= 15 is 0 Å². The molecule has 1 aromatic heterocycles. The number of rotatable bonds is 2. The molecule has 98 valence electrons. The highest BCUT2D eigenvalue weighted by Gasteiger charge is 2.13. The molecule has 0 saturated heterocycles. The molecule has 0 aliphatic carbocycles. The summed E-state index contributed by atoms with van der Waals surface area (Å²) in [5, 5.41) is 11.3. The Morgan fingerprint density at radius 2 is 1.79 bits per heavy atom. The van der Waals surface area contributed by atoms with Crippen molar-refractivity contribution in [1.29, 1.82) is 0 Å². The first-order valence-electron chi connectivity index (χ1n) is 5.52. The fourth-order valence-electron chi connectivity index (χ4n) is 1.51. The SMILES string of the molecule is Cc1ccsc1C(=O)NNC(=O)c1ccccc1O. The van der Waals surface area contributed by atoms with Crippen molar-refractivity contribution in [3.63, 3.8) is 0 Å². The average molecular weight is 276 g/mol. The van der Waals surface area contributed by atoms with E-state index in [1.807, 2.05) is 13.0 Å². The molecule has 3 N–H and O–H groups in total. The second-order valence-corrected chi connectivity index (χ2v) is 4.77. The number of thiophene rings is 1. The predicted octanol–water partition coefficient (Wildman–Crippen LogP) is 1.84. The average Bonchev–Trinajstić information content (AvgIpc) is 2.82. The zero-order valence-electron chi connectivity index (χ0n) is 10.1. The van der Waals surface area contributed by atoms with Crippen LogP contribution in [0.25, 0.3) is 0 Å². The van der Waals surface area contributed by atoms with E-state index in [1.54, 1.807) is 17.5 Å². The van der Waals surface area contributed by atoms with Crippen LogP contribution in [0.2, 0.25) is 0 Å². The first-order chi connectivity index (χ1) is 9.09. The molecule has 6 heteroatoms. The van der Waals surface area contributed by atoms with Crippen molar-refractivity contribution in [2.24, 2.45) is 0 Å². The molecule has 1 aromatic carbocycles. The molecule has 2 amide bonds. The smallest absolute Gasteiger partial charge is 0.280 e. The number of hydrazine groups is 1. The Balaban J connectivity index is 2.00. The summed E-state index contributed by atoms with van der Waals surface area (Å²) in [6.45, 7) is 1.82. The first kappa shape index (κ1) is 13.1. The van der Waals surface area contributed by atoms with Crippen LogP contribution >= 0.6 is 11.3 Å². The third-order valence-electron chi connectivity index (χ3n) is 2.51. The number of hydrogen-bond acceptors (Lipinski definition) is 4. The maximum absolute atomic E-state index is 11.8. The van der Waals surface area contributed by atoms with E-state index in [-0.39, 0.29) is 17.2 Å². The minimum absolute atomic E-state index is 0.103. The van der Waals surface area contributed by atoms with Crippen LogP contribution in [0.5, 0.6) is 5.75 Å². The molecular formula is C13H12N2O3S. The van der Waals surface area contributed by atoms with Gasteiger partial charge >= 0.3 is 0 Å². The molecule has 0 fully saturated rings. The molecule has 2 rings (SSSR count). The number of aryl methyl sites for hydroxylation is 1. The number of phenolic OH excluding ortho intramolecular Hbond substituents is 1. The van der Waals surface area contributed by atoms with Crippen molar-refractivity contribution in [2.45, 2.75) is 6.92 Å². The summed E-state index contributed by atoms with van der Waals surface area (Å²) in [5.41, 5.74) is 5.52. The first-order valence-corrected chi connectivity index (χ1v) is 6.40. The van der Waals surface area contributed by atoms with Gasteiger partial charge in [-0.1, -0.05) is 12.1 Å². The Labute approximate surface area is 113 Å². The molecule has 0 radical (unpaired) electrons. The van der Waals surface area contributed by atoms with Crippen molar-refractivity contribution >= 4 is 23.2 Å². The Hall–Kier alpha value is -2.34. The minimum atomic E-state index is -0.569. The van der Waals surface area contributed by atoms with Gasteiger partial charge in [-0.25, -0.2) is 0 Å². The van der Waals surface area contributed by atoms with Gasteiger partial charge in [0.05, 0.1) is 10.4 Å². The second kappa shape index (κ2) is 5.53. The fourth-order valence-corrected chi connectivity index (χ4v) is 2.33. The molecule has 1 heterocycles. The topological polar surface area (TPSA) is 78.4 Å². The van der Waals surface area contributed by atoms with Gasteiger partial charge in [-0.2, -0.15) is 0 Å². The number of phenols is 1. The monoisotopic (exact) mass is 276 g/mol. The Bertz CT molecular complexity index is 622. The van der Waals surface area contributed by atoms with E-state index in [9.17, 15) is 14.7 Å². The second-order valence-electron chi connectivity index (χ2n) is 3.86. The van der Waals surface area contributed by atoms with E-state index in [0.29, 0.717) is 4.88 Å². The molecule has 2 aromatic rings. The zero-order chi connectivity index (χ0) is 13.8. The number of carbonyl (C=O) groups is 2. The van der Waals surface area contributed by atoms with Gasteiger partial charge in [0.1, 0.15) is 5.75 Å². The van der Waals surface area contributed by atoms with Gasteiger partial charge in [0.25, 0.3) is 11.8 Å². The third-order valence-corrected chi connectivity index (χ3v) is 3.52. The van der Waals surface area contributed by atoms with Gasteiger partial charge in [0.2, 0.25) is 0 Å². The van der Waals surface area contributed by atoms with Crippen LogP contribution in [0.4, 0.5) is 0 Å². The van der Waals surface area contributed by atoms with Crippen LogP contribution in [0.3, 0.4) is 0 Å². The van der Waals surface area contributed by atoms with Crippen LogP contribution in [0.1, 0.15) is 25.6 Å². The van der Waals surface area contributed by atoms with E-state index in [4.69, 9.17) is 0 Å². The number of hydrogen-bond donors (Lipinski definition) is 3. The van der Waals surface area contributed by atoms with E-state index < -0.39 is 5.91 Å². The highest BCUT2D eigenvalue weighted by molar-refractivity contribution is 7.12. The van der Waals surface area contributed by atoms with Crippen molar-refractivity contribution in [3.8, 4) is 5.75 Å². The van der Waals surface area contributed by atoms with Crippen LogP contribution in [0.15, 0.2) is 35.7 Å². The highest BCUT2D eigenvalue weighted by Crippen LogP contribution is 2.16. The maximum atomic E-state index is 11.8. The van der Waals surface area contributed by atoms with Crippen LogP contribution in [0, 0.1) is 6.92 Å². The fraction of sp³-hybridized carbons (Fsp3) is 0.0769. The number of benzene rings is 1. The Kier molecular flexibility index (Phi) is 3.82. The Morgan fingerprint density at radius 3 is 2.42 bits per heavy atom. The van der Waals surface area contributed by atoms with Gasteiger partial charge in [0, 0.05) is 0 Å². The minimum Gasteiger partial charge on any atom is -0.507 e. The van der Waals surface area contributed by atoms with Crippen molar-refractivity contribution < 1.29 is 14.7 Å². The molecule has 19 heavy (non-hydrogen) atoms. The molecule has 5 nitrogen and oxygen atoms in total. The third kappa shape index (κ3) is 2.92. The summed E-state index contributed by atoms with van der Waals surface area (Å²) in [6, 6.07) is 7.93. The predicted molar refractivity (Wildman–Crippen MR) is 72.1 cm³/mol. The lowest BCUT2D eigenvalue weighted by Gasteiger charge is -2.07. The number of carbonyl (C=O) groups excluding carboxylic acids is 2. The van der Waals surface area contributed by atoms with E-state index in [0.717, 1.165) is 5.56 Å². The summed E-state index contributed by atoms with van der Waals surface area (Å²) >= 11 is 1.30. The number of nitrogens with one attached hydrogen (secondary N) is 2. The van der Waals surface area contributed by atoms with Crippen LogP contribution < -0.4 is 10.9 Å². The molecule has 0 aliphatic rings. The summed E-state index contributed by atoms with van der Waals surface area (Å²) in [7, 11) is 0. The lowest BCUT2D eigenvalue weighted by Crippen LogP contribution is -2.41. The van der Waals surface area contributed by atoms with Crippen LogP contribution in [-0.4, -0.2) is 16.9 Å². The van der Waals surface area contributed by atoms with E-state index in [2.05, 4.69) is 10.9 Å². The molecule has 0 saturated carbocycles. The van der Waals surface area contributed by atoms with Crippen LogP contribution in [-0.2, 0) is 0 Å². The molecule has 0 bridgehead atoms. The summed E-state index contributed by atoms with van der Waals surface area (Å²) in [6.07, 6.45) is 0. The van der Waals surface area contributed by atoms with Crippen molar-refractivity contribution in [3.05, 3.63) is 51.7 Å². The van der Waals surface area contributed by atoms with Gasteiger partial charge in [-0.05, 0) is 36.1 Å². The Morgan fingerprint density at radius 1 is 1.11 bits per heavy atom. The van der Waals surface area contributed by atoms with Crippen molar-refractivity contribution in [1.82, 2.24) is 10.9 Å². The lowest BCUT2D eigenvalue weighted by atomic mass is 10.2. The largest absolute Gasteiger partial charge is 0.507 e. The van der Waals surface area contributed by atoms with Gasteiger partial charge < -0.3 is 5.11 Å². The molecule has 0 spiro atoms. The quantitative estimate of drug-likeness (QED) is 0.732. The summed E-state index contributed by atoms with van der Waals surface area (Å²) in [5.74, 6) is -1.08. The van der Waals surface area contributed by atoms with E-state index in [1.165, 1.54) is 23.5 Å². The molecule has 0 atom stereocenters. The van der Waals surface area contributed by atoms with Gasteiger partial charge in [0.15, 0.2) is 0 Å². The number of amides is 2. The normalized spacial score (nSPS) is 9.95. The maximum Gasteiger partial charge on any atom is 0.280 e. The molecule has 0 unspecified atom stereocenters. The molecule has 0 aliphatic heterocycles. The van der Waals surface area contributed by atoms with Gasteiger partial charge in [-0.15, -0.1) is 11.3 Å². The van der Waals surface area contributed by atoms with Crippen molar-refractivity contribution in [2.75, 3.05) is 0 Å². The lowest BCUT2D eigenvalue weighted by molar-refractivity contribution is 0.0847. The van der Waals surface area contributed by atoms with Gasteiger partial charge in [-0.3, -0.25) is 20.4 Å². The highest BCUT2D eigenvalue weighted by atomic mass is 32.1.